The maximum Gasteiger partial charge on any atom is 0.229 e. The highest BCUT2D eigenvalue weighted by molar-refractivity contribution is 6.42. The van der Waals surface area contributed by atoms with Gasteiger partial charge in [0.25, 0.3) is 0 Å². The molecule has 0 bridgehead atoms. The lowest BCUT2D eigenvalue weighted by Crippen LogP contribution is -2.44. The molecule has 10 nitrogen and oxygen atoms in total. The maximum atomic E-state index is 11.4. The molecule has 0 spiro atoms. The van der Waals surface area contributed by atoms with Crippen LogP contribution in [0.25, 0.3) is 22.2 Å². The van der Waals surface area contributed by atoms with Crippen LogP contribution in [0.2, 0.25) is 10.0 Å². The normalized spacial score (nSPS) is 14.8. The summed E-state index contributed by atoms with van der Waals surface area (Å²) in [6, 6.07) is 3.70. The monoisotopic (exact) mass is 501 g/mol. The molecule has 4 heterocycles. The van der Waals surface area contributed by atoms with E-state index in [1.54, 1.807) is 25.4 Å². The Labute approximate surface area is 206 Å². The molecule has 1 saturated heterocycles. The van der Waals surface area contributed by atoms with Crippen molar-refractivity contribution in [1.82, 2.24) is 34.8 Å². The Morgan fingerprint density at radius 2 is 1.94 bits per heavy atom. The molecular formula is C22H25Cl2N9O. The highest BCUT2D eigenvalue weighted by Gasteiger charge is 2.23. The molecule has 1 aliphatic rings. The number of nitrogens with zero attached hydrogens (tertiary/aromatic N) is 6. The van der Waals surface area contributed by atoms with Gasteiger partial charge in [0.2, 0.25) is 11.9 Å². The van der Waals surface area contributed by atoms with Gasteiger partial charge in [0.05, 0.1) is 34.0 Å². The van der Waals surface area contributed by atoms with E-state index in [0.29, 0.717) is 33.9 Å². The van der Waals surface area contributed by atoms with Crippen LogP contribution in [-0.4, -0.2) is 54.5 Å². The van der Waals surface area contributed by atoms with Gasteiger partial charge in [0, 0.05) is 32.6 Å². The van der Waals surface area contributed by atoms with Gasteiger partial charge < -0.3 is 25.1 Å². The van der Waals surface area contributed by atoms with Crippen molar-refractivity contribution in [3.8, 4) is 0 Å². The van der Waals surface area contributed by atoms with Gasteiger partial charge in [0.15, 0.2) is 17.0 Å². The average molecular weight is 502 g/mol. The maximum absolute atomic E-state index is 11.4. The average Bonchev–Trinajstić information content (AvgIpc) is 3.41. The zero-order valence-electron chi connectivity index (χ0n) is 18.9. The van der Waals surface area contributed by atoms with Gasteiger partial charge in [-0.2, -0.15) is 9.97 Å². The first-order chi connectivity index (χ1) is 16.4. The molecule has 1 amide bonds. The van der Waals surface area contributed by atoms with Crippen molar-refractivity contribution in [3.05, 3.63) is 34.3 Å². The van der Waals surface area contributed by atoms with Crippen LogP contribution in [0, 0.1) is 0 Å². The first kappa shape index (κ1) is 22.7. The van der Waals surface area contributed by atoms with Gasteiger partial charge in [-0.1, -0.05) is 23.2 Å². The van der Waals surface area contributed by atoms with Crippen molar-refractivity contribution in [2.75, 3.05) is 23.3 Å². The number of aromatic nitrogens is 6. The fraction of sp³-hybridized carbons (Fsp3) is 0.409. The smallest absolute Gasteiger partial charge is 0.229 e. The number of aromatic amines is 1. The second kappa shape index (κ2) is 9.27. The van der Waals surface area contributed by atoms with Crippen LogP contribution in [0.4, 0.5) is 11.8 Å². The Morgan fingerprint density at radius 3 is 2.68 bits per heavy atom. The number of hydrogen-bond acceptors (Lipinski definition) is 7. The van der Waals surface area contributed by atoms with Crippen LogP contribution < -0.4 is 15.5 Å². The lowest BCUT2D eigenvalue weighted by atomic mass is 10.1. The minimum atomic E-state index is 0.00424. The van der Waals surface area contributed by atoms with Crippen LogP contribution >= 0.6 is 23.2 Å². The van der Waals surface area contributed by atoms with Gasteiger partial charge in [-0.3, -0.25) is 4.79 Å². The Balaban J connectivity index is 1.40. The van der Waals surface area contributed by atoms with Gasteiger partial charge in [-0.15, -0.1) is 0 Å². The molecule has 5 rings (SSSR count). The van der Waals surface area contributed by atoms with E-state index in [1.165, 1.54) is 0 Å². The first-order valence-corrected chi connectivity index (χ1v) is 12.0. The fourth-order valence-electron chi connectivity index (χ4n) is 4.25. The Hall–Kier alpha value is -3.11. The Kier molecular flexibility index (Phi) is 6.18. The molecule has 3 aromatic heterocycles. The molecule has 3 N–H and O–H groups in total. The van der Waals surface area contributed by atoms with Crippen LogP contribution in [-0.2, 0) is 17.9 Å². The zero-order chi connectivity index (χ0) is 23.8. The standard InChI is InChI=1S/C22H25Cl2N9O/c1-3-32-11-26-19-20(25-10-18-28-16-8-14(23)15(24)9-17(16)29-18)30-22(31-21(19)32)33-6-4-13(5-7-33)27-12(2)34/h8-9,11,13H,3-7,10H2,1-2H3,(H,27,34)(H,28,29)(H,25,30,31). The molecule has 1 aliphatic heterocycles. The Morgan fingerprint density at radius 1 is 1.18 bits per heavy atom. The third-order valence-corrected chi connectivity index (χ3v) is 6.70. The van der Waals surface area contributed by atoms with E-state index < -0.39 is 0 Å². The SMILES string of the molecule is CCn1cnc2c(NCc3nc4cc(Cl)c(Cl)cc4[nH]3)nc(N3CCC(NC(C)=O)CC3)nc21. The van der Waals surface area contributed by atoms with E-state index in [0.717, 1.165) is 55.0 Å². The molecule has 1 aromatic carbocycles. The molecule has 0 radical (unpaired) electrons. The number of halogens is 2. The number of aryl methyl sites for hydroxylation is 1. The van der Waals surface area contributed by atoms with Crippen molar-refractivity contribution in [2.45, 2.75) is 45.8 Å². The molecule has 34 heavy (non-hydrogen) atoms. The Bertz CT molecular complexity index is 1320. The van der Waals surface area contributed by atoms with Crippen molar-refractivity contribution in [1.29, 1.82) is 0 Å². The molecular weight excluding hydrogens is 477 g/mol. The summed E-state index contributed by atoms with van der Waals surface area (Å²) in [6.45, 7) is 6.31. The number of carbonyl (C=O) groups excluding carboxylic acids is 1. The summed E-state index contributed by atoms with van der Waals surface area (Å²) in [5, 5.41) is 7.33. The quantitative estimate of drug-likeness (QED) is 0.368. The summed E-state index contributed by atoms with van der Waals surface area (Å²) in [6.07, 6.45) is 3.48. The fourth-order valence-corrected chi connectivity index (χ4v) is 4.57. The topological polar surface area (TPSA) is 117 Å². The molecule has 4 aromatic rings. The number of H-pyrrole nitrogens is 1. The summed E-state index contributed by atoms with van der Waals surface area (Å²) in [5.74, 6) is 2.03. The minimum absolute atomic E-state index is 0.00424. The number of hydrogen-bond donors (Lipinski definition) is 3. The molecule has 0 atom stereocenters. The van der Waals surface area contributed by atoms with E-state index in [1.807, 2.05) is 4.57 Å². The number of carbonyl (C=O) groups is 1. The summed E-state index contributed by atoms with van der Waals surface area (Å²) in [5.41, 5.74) is 3.05. The highest BCUT2D eigenvalue weighted by atomic mass is 35.5. The number of rotatable bonds is 6. The zero-order valence-corrected chi connectivity index (χ0v) is 20.4. The lowest BCUT2D eigenvalue weighted by Gasteiger charge is -2.32. The predicted octanol–water partition coefficient (Wildman–Crippen LogP) is 3.75. The molecule has 0 unspecified atom stereocenters. The summed E-state index contributed by atoms with van der Waals surface area (Å²) >= 11 is 12.2. The number of fused-ring (bicyclic) bond motifs is 2. The summed E-state index contributed by atoms with van der Waals surface area (Å²) in [4.78, 5) is 35.6. The van der Waals surface area contributed by atoms with Gasteiger partial charge in [0.1, 0.15) is 5.82 Å². The molecule has 1 fully saturated rings. The van der Waals surface area contributed by atoms with Crippen LogP contribution in [0.3, 0.4) is 0 Å². The third-order valence-electron chi connectivity index (χ3n) is 5.97. The molecule has 12 heteroatoms. The number of imidazole rings is 2. The largest absolute Gasteiger partial charge is 0.361 e. The second-order valence-electron chi connectivity index (χ2n) is 8.36. The van der Waals surface area contributed by atoms with Gasteiger partial charge in [-0.05, 0) is 31.9 Å². The van der Waals surface area contributed by atoms with Crippen molar-refractivity contribution >= 4 is 63.1 Å². The number of amides is 1. The highest BCUT2D eigenvalue weighted by Crippen LogP contribution is 2.28. The van der Waals surface area contributed by atoms with Crippen molar-refractivity contribution in [2.24, 2.45) is 0 Å². The first-order valence-electron chi connectivity index (χ1n) is 11.2. The number of piperidine rings is 1. The van der Waals surface area contributed by atoms with Crippen molar-refractivity contribution in [3.63, 3.8) is 0 Å². The lowest BCUT2D eigenvalue weighted by molar-refractivity contribution is -0.119. The number of anilines is 2. The number of nitrogens with one attached hydrogen (secondary N) is 3. The van der Waals surface area contributed by atoms with E-state index in [9.17, 15) is 4.79 Å². The van der Waals surface area contributed by atoms with E-state index in [2.05, 4.69) is 37.4 Å². The van der Waals surface area contributed by atoms with E-state index in [4.69, 9.17) is 33.2 Å². The van der Waals surface area contributed by atoms with Gasteiger partial charge >= 0.3 is 0 Å². The van der Waals surface area contributed by atoms with E-state index in [-0.39, 0.29) is 11.9 Å². The van der Waals surface area contributed by atoms with Crippen LogP contribution in [0.15, 0.2) is 18.5 Å². The third kappa shape index (κ3) is 4.47. The van der Waals surface area contributed by atoms with Gasteiger partial charge in [-0.25, -0.2) is 9.97 Å². The molecule has 0 aliphatic carbocycles. The molecule has 0 saturated carbocycles. The summed E-state index contributed by atoms with van der Waals surface area (Å²) in [7, 11) is 0. The van der Waals surface area contributed by atoms with Crippen LogP contribution in [0.5, 0.6) is 0 Å². The predicted molar refractivity (Wildman–Crippen MR) is 133 cm³/mol. The minimum Gasteiger partial charge on any atom is -0.361 e. The molecule has 178 valence electrons. The summed E-state index contributed by atoms with van der Waals surface area (Å²) < 4.78 is 2.00. The van der Waals surface area contributed by atoms with E-state index >= 15 is 0 Å². The van der Waals surface area contributed by atoms with Crippen LogP contribution in [0.1, 0.15) is 32.5 Å². The second-order valence-corrected chi connectivity index (χ2v) is 9.17. The number of benzene rings is 1. The van der Waals surface area contributed by atoms with Crippen molar-refractivity contribution < 1.29 is 4.79 Å².